The molecular weight excluding hydrogens is 328 g/mol. The Bertz CT molecular complexity index is 831. The monoisotopic (exact) mass is 350 g/mol. The number of hydrogen-bond acceptors (Lipinski definition) is 4. The van der Waals surface area contributed by atoms with E-state index in [4.69, 9.17) is 4.74 Å². The SMILES string of the molecule is CC(=O)c1cccc(Oc2ccc(C(=O)NC3CC4CNC3C4)cc2)c1. The smallest absolute Gasteiger partial charge is 0.251 e. The Labute approximate surface area is 152 Å². The van der Waals surface area contributed by atoms with Crippen LogP contribution in [0, 0.1) is 5.92 Å². The van der Waals surface area contributed by atoms with Crippen molar-refractivity contribution in [1.82, 2.24) is 10.6 Å². The second kappa shape index (κ2) is 6.92. The molecule has 4 rings (SSSR count). The molecular formula is C21H22N2O3. The first-order valence-corrected chi connectivity index (χ1v) is 9.01. The Morgan fingerprint density at radius 3 is 2.50 bits per heavy atom. The largest absolute Gasteiger partial charge is 0.457 e. The molecule has 3 unspecified atom stereocenters. The van der Waals surface area contributed by atoms with Crippen LogP contribution in [0.1, 0.15) is 40.5 Å². The zero-order valence-corrected chi connectivity index (χ0v) is 14.7. The van der Waals surface area contributed by atoms with E-state index in [-0.39, 0.29) is 17.7 Å². The number of ether oxygens (including phenoxy) is 1. The van der Waals surface area contributed by atoms with Crippen molar-refractivity contribution in [2.24, 2.45) is 5.92 Å². The van der Waals surface area contributed by atoms with E-state index in [0.29, 0.717) is 34.6 Å². The Morgan fingerprint density at radius 2 is 1.85 bits per heavy atom. The van der Waals surface area contributed by atoms with Gasteiger partial charge in [0.25, 0.3) is 5.91 Å². The third-order valence-electron chi connectivity index (χ3n) is 5.24. The van der Waals surface area contributed by atoms with Crippen molar-refractivity contribution in [2.75, 3.05) is 6.54 Å². The molecule has 0 aromatic heterocycles. The van der Waals surface area contributed by atoms with Crippen LogP contribution in [0.25, 0.3) is 0 Å². The van der Waals surface area contributed by atoms with Crippen LogP contribution in [0.5, 0.6) is 11.5 Å². The topological polar surface area (TPSA) is 67.4 Å². The number of amides is 1. The molecule has 1 saturated heterocycles. The average Bonchev–Trinajstić information content (AvgIpc) is 3.25. The Hall–Kier alpha value is -2.66. The number of carbonyl (C=O) groups is 2. The fourth-order valence-electron chi connectivity index (χ4n) is 3.85. The summed E-state index contributed by atoms with van der Waals surface area (Å²) < 4.78 is 5.78. The molecule has 134 valence electrons. The van der Waals surface area contributed by atoms with Crippen LogP contribution in [0.15, 0.2) is 48.5 Å². The Balaban J connectivity index is 1.39. The molecule has 3 atom stereocenters. The Morgan fingerprint density at radius 1 is 1.04 bits per heavy atom. The van der Waals surface area contributed by atoms with E-state index in [1.807, 2.05) is 0 Å². The van der Waals surface area contributed by atoms with Crippen LogP contribution in [-0.2, 0) is 0 Å². The number of hydrogen-bond donors (Lipinski definition) is 2. The number of rotatable bonds is 5. The number of piperidine rings is 1. The molecule has 2 aromatic rings. The van der Waals surface area contributed by atoms with Crippen molar-refractivity contribution >= 4 is 11.7 Å². The lowest BCUT2D eigenvalue weighted by Crippen LogP contribution is -2.47. The van der Waals surface area contributed by atoms with Crippen LogP contribution in [0.3, 0.4) is 0 Å². The fourth-order valence-corrected chi connectivity index (χ4v) is 3.85. The lowest BCUT2D eigenvalue weighted by atomic mass is 10.1. The van der Waals surface area contributed by atoms with Gasteiger partial charge in [-0.15, -0.1) is 0 Å². The maximum Gasteiger partial charge on any atom is 0.251 e. The molecule has 2 aliphatic rings. The van der Waals surface area contributed by atoms with Crippen LogP contribution in [-0.4, -0.2) is 30.3 Å². The van der Waals surface area contributed by atoms with Gasteiger partial charge in [0.05, 0.1) is 0 Å². The predicted molar refractivity (Wildman–Crippen MR) is 98.7 cm³/mol. The summed E-state index contributed by atoms with van der Waals surface area (Å²) in [6, 6.07) is 14.8. The molecule has 26 heavy (non-hydrogen) atoms. The first kappa shape index (κ1) is 16.8. The van der Waals surface area contributed by atoms with Gasteiger partial charge < -0.3 is 15.4 Å². The number of carbonyl (C=O) groups excluding carboxylic acids is 2. The summed E-state index contributed by atoms with van der Waals surface area (Å²) in [5, 5.41) is 6.59. The zero-order valence-electron chi connectivity index (χ0n) is 14.7. The van der Waals surface area contributed by atoms with Crippen molar-refractivity contribution in [2.45, 2.75) is 31.8 Å². The van der Waals surface area contributed by atoms with Gasteiger partial charge in [-0.25, -0.2) is 0 Å². The van der Waals surface area contributed by atoms with Gasteiger partial charge in [-0.2, -0.15) is 0 Å². The minimum absolute atomic E-state index is 0.00225. The van der Waals surface area contributed by atoms with E-state index in [2.05, 4.69) is 10.6 Å². The van der Waals surface area contributed by atoms with Crippen molar-refractivity contribution in [1.29, 1.82) is 0 Å². The molecule has 1 aliphatic heterocycles. The maximum atomic E-state index is 12.4. The molecule has 5 heteroatoms. The summed E-state index contributed by atoms with van der Waals surface area (Å²) in [4.78, 5) is 23.9. The average molecular weight is 350 g/mol. The molecule has 1 amide bonds. The van der Waals surface area contributed by atoms with E-state index in [9.17, 15) is 9.59 Å². The summed E-state index contributed by atoms with van der Waals surface area (Å²) in [5.74, 6) is 1.88. The minimum Gasteiger partial charge on any atom is -0.457 e. The minimum atomic E-state index is -0.0468. The van der Waals surface area contributed by atoms with Crippen LogP contribution in [0.2, 0.25) is 0 Å². The van der Waals surface area contributed by atoms with Gasteiger partial charge in [0.15, 0.2) is 5.78 Å². The van der Waals surface area contributed by atoms with Gasteiger partial charge in [-0.05, 0) is 68.6 Å². The molecule has 2 fully saturated rings. The van der Waals surface area contributed by atoms with Gasteiger partial charge in [0.2, 0.25) is 0 Å². The van der Waals surface area contributed by atoms with Crippen molar-refractivity contribution in [3.05, 3.63) is 59.7 Å². The molecule has 1 heterocycles. The van der Waals surface area contributed by atoms with Gasteiger partial charge in [-0.3, -0.25) is 9.59 Å². The van der Waals surface area contributed by atoms with E-state index < -0.39 is 0 Å². The number of benzene rings is 2. The summed E-state index contributed by atoms with van der Waals surface area (Å²) in [7, 11) is 0. The standard InChI is InChI=1S/C21H22N2O3/c1-13(24)16-3-2-4-18(11-16)26-17-7-5-15(6-8-17)21(25)23-20-10-14-9-19(20)22-12-14/h2-8,11,14,19-20,22H,9-10,12H2,1H3,(H,23,25). The van der Waals surface area contributed by atoms with E-state index >= 15 is 0 Å². The molecule has 0 radical (unpaired) electrons. The van der Waals surface area contributed by atoms with E-state index in [1.165, 1.54) is 6.92 Å². The van der Waals surface area contributed by atoms with Crippen LogP contribution in [0.4, 0.5) is 0 Å². The third kappa shape index (κ3) is 3.48. The zero-order chi connectivity index (χ0) is 18.1. The molecule has 1 saturated carbocycles. The number of nitrogens with one attached hydrogen (secondary N) is 2. The number of Topliss-reactive ketones (excluding diaryl/α,β-unsaturated/α-hetero) is 1. The molecule has 5 nitrogen and oxygen atoms in total. The maximum absolute atomic E-state index is 12.4. The highest BCUT2D eigenvalue weighted by molar-refractivity contribution is 5.95. The lowest BCUT2D eigenvalue weighted by Gasteiger charge is -2.24. The quantitative estimate of drug-likeness (QED) is 0.813. The summed E-state index contributed by atoms with van der Waals surface area (Å²) in [6.07, 6.45) is 2.23. The molecule has 2 aromatic carbocycles. The lowest BCUT2D eigenvalue weighted by molar-refractivity contribution is 0.0927. The van der Waals surface area contributed by atoms with Gasteiger partial charge in [0, 0.05) is 23.2 Å². The highest BCUT2D eigenvalue weighted by Crippen LogP contribution is 2.31. The summed E-state index contributed by atoms with van der Waals surface area (Å²) >= 11 is 0. The third-order valence-corrected chi connectivity index (χ3v) is 5.24. The molecule has 1 aliphatic carbocycles. The number of fused-ring (bicyclic) bond motifs is 2. The van der Waals surface area contributed by atoms with E-state index in [0.717, 1.165) is 19.4 Å². The first-order valence-electron chi connectivity index (χ1n) is 9.01. The predicted octanol–water partition coefficient (Wildman–Crippen LogP) is 3.16. The highest BCUT2D eigenvalue weighted by atomic mass is 16.5. The van der Waals surface area contributed by atoms with Crippen molar-refractivity contribution in [3.8, 4) is 11.5 Å². The highest BCUT2D eigenvalue weighted by Gasteiger charge is 2.39. The van der Waals surface area contributed by atoms with Gasteiger partial charge >= 0.3 is 0 Å². The Kier molecular flexibility index (Phi) is 4.47. The van der Waals surface area contributed by atoms with Crippen molar-refractivity contribution < 1.29 is 14.3 Å². The fraction of sp³-hybridized carbons (Fsp3) is 0.333. The summed E-state index contributed by atoms with van der Waals surface area (Å²) in [5.41, 5.74) is 1.23. The van der Waals surface area contributed by atoms with Crippen molar-refractivity contribution in [3.63, 3.8) is 0 Å². The molecule has 2 N–H and O–H groups in total. The summed E-state index contributed by atoms with van der Waals surface area (Å²) in [6.45, 7) is 2.60. The van der Waals surface area contributed by atoms with Crippen LogP contribution >= 0.6 is 0 Å². The normalized spacial score (nSPS) is 23.7. The second-order valence-electron chi connectivity index (χ2n) is 7.14. The molecule has 0 spiro atoms. The molecule has 2 bridgehead atoms. The van der Waals surface area contributed by atoms with Gasteiger partial charge in [0.1, 0.15) is 11.5 Å². The second-order valence-corrected chi connectivity index (χ2v) is 7.14. The van der Waals surface area contributed by atoms with Gasteiger partial charge in [-0.1, -0.05) is 12.1 Å². The number of ketones is 1. The first-order chi connectivity index (χ1) is 12.6. The van der Waals surface area contributed by atoms with Crippen LogP contribution < -0.4 is 15.4 Å². The van der Waals surface area contributed by atoms with E-state index in [1.54, 1.807) is 48.5 Å².